The van der Waals surface area contributed by atoms with Crippen molar-refractivity contribution in [2.45, 2.75) is 13.3 Å². The van der Waals surface area contributed by atoms with Gasteiger partial charge in [0.2, 0.25) is 0 Å². The summed E-state index contributed by atoms with van der Waals surface area (Å²) in [5, 5.41) is 3.93. The number of amides is 1. The molecule has 1 aliphatic rings. The SMILES string of the molecule is Cc1ccc(-c2cc(C(=O)NCCC[NH+]3CCOCC3)c3ccccc3n2)o1. The molecule has 0 saturated carbocycles. The number of aromatic nitrogens is 1. The molecule has 3 aromatic rings. The minimum atomic E-state index is -0.0693. The Bertz CT molecular complexity index is 961. The van der Waals surface area contributed by atoms with E-state index in [-0.39, 0.29) is 5.91 Å². The first-order valence-corrected chi connectivity index (χ1v) is 9.87. The van der Waals surface area contributed by atoms with Gasteiger partial charge in [-0.25, -0.2) is 4.98 Å². The lowest BCUT2D eigenvalue weighted by Gasteiger charge is -2.23. The Kier molecular flexibility index (Phi) is 5.69. The zero-order valence-corrected chi connectivity index (χ0v) is 16.2. The van der Waals surface area contributed by atoms with Crippen LogP contribution in [-0.2, 0) is 4.74 Å². The normalized spacial score (nSPS) is 15.0. The van der Waals surface area contributed by atoms with Crippen molar-refractivity contribution in [3.05, 3.63) is 53.8 Å². The number of hydrogen-bond acceptors (Lipinski definition) is 4. The fraction of sp³-hybridized carbons (Fsp3) is 0.364. The first-order chi connectivity index (χ1) is 13.7. The van der Waals surface area contributed by atoms with Gasteiger partial charge in [0.1, 0.15) is 24.5 Å². The molecule has 0 bridgehead atoms. The van der Waals surface area contributed by atoms with Gasteiger partial charge < -0.3 is 19.4 Å². The number of aryl methyl sites for hydroxylation is 1. The summed E-state index contributed by atoms with van der Waals surface area (Å²) in [5.74, 6) is 1.43. The standard InChI is InChI=1S/C22H25N3O3/c1-16-7-8-21(28-16)20-15-18(17-5-2-3-6-19(17)24-20)22(26)23-9-4-10-25-11-13-27-14-12-25/h2-3,5-8,15H,4,9-14H2,1H3,(H,23,26)/p+1. The zero-order chi connectivity index (χ0) is 19.3. The highest BCUT2D eigenvalue weighted by Crippen LogP contribution is 2.26. The Morgan fingerprint density at radius 2 is 2.00 bits per heavy atom. The first-order valence-electron chi connectivity index (χ1n) is 9.87. The zero-order valence-electron chi connectivity index (χ0n) is 16.2. The van der Waals surface area contributed by atoms with Crippen molar-refractivity contribution in [2.75, 3.05) is 39.4 Å². The number of morpholine rings is 1. The summed E-state index contributed by atoms with van der Waals surface area (Å²) in [4.78, 5) is 19.1. The number of hydrogen-bond donors (Lipinski definition) is 2. The maximum atomic E-state index is 12.9. The molecule has 6 heteroatoms. The molecule has 2 aromatic heterocycles. The van der Waals surface area contributed by atoms with E-state index >= 15 is 0 Å². The van der Waals surface area contributed by atoms with Crippen LogP contribution in [0.1, 0.15) is 22.5 Å². The number of carbonyl (C=O) groups is 1. The van der Waals surface area contributed by atoms with E-state index in [1.54, 1.807) is 4.90 Å². The third-order valence-corrected chi connectivity index (χ3v) is 5.15. The molecule has 0 atom stereocenters. The van der Waals surface area contributed by atoms with E-state index < -0.39 is 0 Å². The maximum absolute atomic E-state index is 12.9. The van der Waals surface area contributed by atoms with Gasteiger partial charge >= 0.3 is 0 Å². The Labute approximate surface area is 164 Å². The van der Waals surface area contributed by atoms with E-state index in [9.17, 15) is 4.79 Å². The number of nitrogens with one attached hydrogen (secondary N) is 2. The summed E-state index contributed by atoms with van der Waals surface area (Å²) in [6.45, 7) is 7.38. The third-order valence-electron chi connectivity index (χ3n) is 5.15. The molecule has 1 aromatic carbocycles. The van der Waals surface area contributed by atoms with E-state index in [2.05, 4.69) is 10.3 Å². The Hall–Kier alpha value is -2.70. The van der Waals surface area contributed by atoms with Gasteiger partial charge in [-0.2, -0.15) is 0 Å². The van der Waals surface area contributed by atoms with Crippen LogP contribution in [0.3, 0.4) is 0 Å². The van der Waals surface area contributed by atoms with E-state index in [0.717, 1.165) is 55.9 Å². The summed E-state index contributed by atoms with van der Waals surface area (Å²) >= 11 is 0. The number of fused-ring (bicyclic) bond motifs is 1. The predicted octanol–water partition coefficient (Wildman–Crippen LogP) is 1.84. The van der Waals surface area contributed by atoms with Crippen molar-refractivity contribution >= 4 is 16.8 Å². The van der Waals surface area contributed by atoms with E-state index in [4.69, 9.17) is 9.15 Å². The van der Waals surface area contributed by atoms with Gasteiger partial charge in [0.25, 0.3) is 5.91 Å². The molecule has 28 heavy (non-hydrogen) atoms. The summed E-state index contributed by atoms with van der Waals surface area (Å²) < 4.78 is 11.1. The second kappa shape index (κ2) is 8.54. The molecule has 0 aliphatic carbocycles. The number of para-hydroxylation sites is 1. The van der Waals surface area contributed by atoms with Gasteiger partial charge in [-0.3, -0.25) is 4.79 Å². The van der Waals surface area contributed by atoms with Crippen molar-refractivity contribution in [3.63, 3.8) is 0 Å². The highest BCUT2D eigenvalue weighted by molar-refractivity contribution is 6.07. The van der Waals surface area contributed by atoms with Gasteiger partial charge in [0.15, 0.2) is 5.76 Å². The van der Waals surface area contributed by atoms with Crippen molar-refractivity contribution in [1.29, 1.82) is 0 Å². The van der Waals surface area contributed by atoms with Crippen LogP contribution in [-0.4, -0.2) is 50.3 Å². The Balaban J connectivity index is 1.49. The molecule has 1 fully saturated rings. The van der Waals surface area contributed by atoms with Crippen molar-refractivity contribution in [3.8, 4) is 11.5 Å². The Morgan fingerprint density at radius 1 is 1.18 bits per heavy atom. The monoisotopic (exact) mass is 380 g/mol. The highest BCUT2D eigenvalue weighted by atomic mass is 16.5. The molecule has 0 radical (unpaired) electrons. The van der Waals surface area contributed by atoms with Crippen LogP contribution in [0, 0.1) is 6.92 Å². The highest BCUT2D eigenvalue weighted by Gasteiger charge is 2.16. The van der Waals surface area contributed by atoms with Crippen LogP contribution in [0.4, 0.5) is 0 Å². The molecule has 0 unspecified atom stereocenters. The van der Waals surface area contributed by atoms with Crippen LogP contribution >= 0.6 is 0 Å². The molecule has 2 N–H and O–H groups in total. The fourth-order valence-corrected chi connectivity index (χ4v) is 3.61. The molecule has 1 amide bonds. The van der Waals surface area contributed by atoms with Crippen LogP contribution in [0.5, 0.6) is 0 Å². The molecule has 0 spiro atoms. The lowest BCUT2D eigenvalue weighted by molar-refractivity contribution is -0.908. The number of quaternary nitrogens is 1. The molecule has 1 saturated heterocycles. The van der Waals surface area contributed by atoms with Crippen LogP contribution < -0.4 is 10.2 Å². The number of pyridine rings is 1. The van der Waals surface area contributed by atoms with E-state index in [1.165, 1.54) is 0 Å². The van der Waals surface area contributed by atoms with Crippen LogP contribution in [0.2, 0.25) is 0 Å². The first kappa shape index (κ1) is 18.7. The molecule has 146 valence electrons. The number of furan rings is 1. The maximum Gasteiger partial charge on any atom is 0.252 e. The number of rotatable bonds is 6. The van der Waals surface area contributed by atoms with Crippen molar-refractivity contribution in [1.82, 2.24) is 10.3 Å². The lowest BCUT2D eigenvalue weighted by Crippen LogP contribution is -3.14. The topological polar surface area (TPSA) is 68.8 Å². The van der Waals surface area contributed by atoms with Gasteiger partial charge in [-0.1, -0.05) is 18.2 Å². The number of benzene rings is 1. The van der Waals surface area contributed by atoms with Gasteiger partial charge in [0.05, 0.1) is 30.8 Å². The summed E-state index contributed by atoms with van der Waals surface area (Å²) in [7, 11) is 0. The third kappa shape index (κ3) is 4.24. The number of ether oxygens (including phenoxy) is 1. The van der Waals surface area contributed by atoms with Crippen LogP contribution in [0.25, 0.3) is 22.4 Å². The summed E-state index contributed by atoms with van der Waals surface area (Å²) in [6, 6.07) is 13.3. The Morgan fingerprint density at radius 3 is 2.79 bits per heavy atom. The molecule has 3 heterocycles. The molecular weight excluding hydrogens is 354 g/mol. The quantitative estimate of drug-likeness (QED) is 0.641. The predicted molar refractivity (Wildman–Crippen MR) is 108 cm³/mol. The fourth-order valence-electron chi connectivity index (χ4n) is 3.61. The summed E-state index contributed by atoms with van der Waals surface area (Å²) in [5.41, 5.74) is 2.10. The van der Waals surface area contributed by atoms with Crippen molar-refractivity contribution in [2.24, 2.45) is 0 Å². The van der Waals surface area contributed by atoms with Crippen molar-refractivity contribution < 1.29 is 18.8 Å². The van der Waals surface area contributed by atoms with Gasteiger partial charge in [-0.15, -0.1) is 0 Å². The summed E-state index contributed by atoms with van der Waals surface area (Å²) in [6.07, 6.45) is 0.953. The largest absolute Gasteiger partial charge is 0.460 e. The lowest BCUT2D eigenvalue weighted by atomic mass is 10.1. The molecular formula is C22H26N3O3+. The van der Waals surface area contributed by atoms with Gasteiger partial charge in [-0.05, 0) is 31.2 Å². The van der Waals surface area contributed by atoms with Crippen LogP contribution in [0.15, 0.2) is 46.9 Å². The second-order valence-corrected chi connectivity index (χ2v) is 7.20. The van der Waals surface area contributed by atoms with E-state index in [1.807, 2.05) is 49.4 Å². The minimum Gasteiger partial charge on any atom is -0.460 e. The number of nitrogens with zero attached hydrogens (tertiary/aromatic N) is 1. The minimum absolute atomic E-state index is 0.0693. The average molecular weight is 380 g/mol. The molecule has 1 aliphatic heterocycles. The second-order valence-electron chi connectivity index (χ2n) is 7.20. The molecule has 6 nitrogen and oxygen atoms in total. The smallest absolute Gasteiger partial charge is 0.252 e. The molecule has 4 rings (SSSR count). The number of carbonyl (C=O) groups excluding carboxylic acids is 1. The average Bonchev–Trinajstić information content (AvgIpc) is 3.17. The van der Waals surface area contributed by atoms with E-state index in [0.29, 0.717) is 23.6 Å². The van der Waals surface area contributed by atoms with Gasteiger partial charge in [0, 0.05) is 18.4 Å².